The SMILES string of the molecule is Cc1cccc2[nH]c(Cn3c(=O)c4c(nc(Nc5ccnc(CCC(N)=O)n5)n4C)n(C)c3=O)cc12. The molecule has 1 amide bonds. The van der Waals surface area contributed by atoms with E-state index in [2.05, 4.69) is 25.3 Å². The summed E-state index contributed by atoms with van der Waals surface area (Å²) in [5.41, 5.74) is 7.62. The van der Waals surface area contributed by atoms with Crippen molar-refractivity contribution in [3.05, 3.63) is 74.4 Å². The van der Waals surface area contributed by atoms with Crippen molar-refractivity contribution in [3.8, 4) is 0 Å². The minimum Gasteiger partial charge on any atom is -0.370 e. The number of aromatic amines is 1. The van der Waals surface area contributed by atoms with Crippen LogP contribution in [-0.4, -0.2) is 39.5 Å². The van der Waals surface area contributed by atoms with Crippen molar-refractivity contribution >= 4 is 39.7 Å². The Hall–Kier alpha value is -4.74. The van der Waals surface area contributed by atoms with Crippen molar-refractivity contribution < 1.29 is 4.79 Å². The first-order valence-electron chi connectivity index (χ1n) is 11.3. The Balaban J connectivity index is 1.53. The number of hydrogen-bond donors (Lipinski definition) is 3. The van der Waals surface area contributed by atoms with Gasteiger partial charge in [-0.3, -0.25) is 18.7 Å². The van der Waals surface area contributed by atoms with Gasteiger partial charge in [-0.1, -0.05) is 12.1 Å². The Morgan fingerprint density at radius 3 is 2.69 bits per heavy atom. The van der Waals surface area contributed by atoms with E-state index >= 15 is 0 Å². The number of amides is 1. The van der Waals surface area contributed by atoms with E-state index < -0.39 is 17.2 Å². The van der Waals surface area contributed by atoms with E-state index in [1.807, 2.05) is 31.2 Å². The predicted octanol–water partition coefficient (Wildman–Crippen LogP) is 1.22. The largest absolute Gasteiger partial charge is 0.370 e. The molecule has 0 radical (unpaired) electrons. The molecule has 1 aromatic carbocycles. The van der Waals surface area contributed by atoms with E-state index in [-0.39, 0.29) is 24.1 Å². The summed E-state index contributed by atoms with van der Waals surface area (Å²) in [5.74, 6) is 0.769. The third-order valence-electron chi connectivity index (χ3n) is 6.17. The molecule has 0 fully saturated rings. The summed E-state index contributed by atoms with van der Waals surface area (Å²) in [7, 11) is 3.27. The lowest BCUT2D eigenvalue weighted by Gasteiger charge is -2.08. The standard InChI is InChI=1S/C24H25N9O3/c1-13-5-4-6-16-15(13)11-14(27-16)12-33-22(35)20-21(32(3)24(33)36)30-23(31(20)2)29-19-9-10-26-18(28-19)8-7-17(25)34/h4-6,9-11,27H,7-8,12H2,1-3H3,(H2,25,34)(H,26,28,29,30). The molecule has 36 heavy (non-hydrogen) atoms. The van der Waals surface area contributed by atoms with Crippen molar-refractivity contribution in [1.29, 1.82) is 0 Å². The number of nitrogens with two attached hydrogens (primary N) is 1. The Morgan fingerprint density at radius 2 is 1.94 bits per heavy atom. The highest BCUT2D eigenvalue weighted by molar-refractivity contribution is 5.83. The van der Waals surface area contributed by atoms with Crippen LogP contribution in [0, 0.1) is 6.92 Å². The lowest BCUT2D eigenvalue weighted by molar-refractivity contribution is -0.118. The van der Waals surface area contributed by atoms with Crippen LogP contribution in [0.2, 0.25) is 0 Å². The number of fused-ring (bicyclic) bond motifs is 2. The number of anilines is 2. The van der Waals surface area contributed by atoms with Crippen molar-refractivity contribution in [1.82, 2.24) is 33.6 Å². The molecular formula is C24H25N9O3. The maximum absolute atomic E-state index is 13.5. The summed E-state index contributed by atoms with van der Waals surface area (Å²) in [5, 5.41) is 4.12. The Morgan fingerprint density at radius 1 is 1.14 bits per heavy atom. The van der Waals surface area contributed by atoms with Crippen molar-refractivity contribution in [2.24, 2.45) is 19.8 Å². The molecule has 0 atom stereocenters. The molecule has 4 heterocycles. The summed E-state index contributed by atoms with van der Waals surface area (Å²) in [6.07, 6.45) is 1.99. The van der Waals surface area contributed by atoms with Crippen molar-refractivity contribution in [3.63, 3.8) is 0 Å². The predicted molar refractivity (Wildman–Crippen MR) is 135 cm³/mol. The highest BCUT2D eigenvalue weighted by Crippen LogP contribution is 2.20. The van der Waals surface area contributed by atoms with Crippen LogP contribution in [0.25, 0.3) is 22.1 Å². The van der Waals surface area contributed by atoms with Crippen LogP contribution < -0.4 is 22.3 Å². The number of H-pyrrole nitrogens is 1. The number of nitrogens with zero attached hydrogens (tertiary/aromatic N) is 6. The van der Waals surface area contributed by atoms with Crippen molar-refractivity contribution in [2.45, 2.75) is 26.3 Å². The smallest absolute Gasteiger partial charge is 0.332 e. The van der Waals surface area contributed by atoms with Crippen LogP contribution in [0.3, 0.4) is 0 Å². The minimum absolute atomic E-state index is 0.0959. The highest BCUT2D eigenvalue weighted by atomic mass is 16.2. The molecule has 4 aromatic heterocycles. The minimum atomic E-state index is -0.469. The van der Waals surface area contributed by atoms with E-state index in [1.54, 1.807) is 30.9 Å². The van der Waals surface area contributed by atoms with Gasteiger partial charge in [-0.2, -0.15) is 4.98 Å². The second kappa shape index (κ2) is 8.80. The maximum Gasteiger partial charge on any atom is 0.332 e. The molecule has 0 saturated heterocycles. The normalized spacial score (nSPS) is 11.4. The topological polar surface area (TPSA) is 159 Å². The quantitative estimate of drug-likeness (QED) is 0.311. The van der Waals surface area contributed by atoms with Gasteiger partial charge in [-0.25, -0.2) is 14.8 Å². The van der Waals surface area contributed by atoms with Gasteiger partial charge in [0.25, 0.3) is 5.56 Å². The number of primary amides is 1. The fourth-order valence-electron chi connectivity index (χ4n) is 4.25. The first-order chi connectivity index (χ1) is 17.2. The van der Waals surface area contributed by atoms with Gasteiger partial charge in [0.15, 0.2) is 11.2 Å². The zero-order valence-electron chi connectivity index (χ0n) is 20.1. The zero-order valence-corrected chi connectivity index (χ0v) is 20.1. The van der Waals surface area contributed by atoms with E-state index in [0.29, 0.717) is 24.0 Å². The molecule has 184 valence electrons. The van der Waals surface area contributed by atoms with Gasteiger partial charge in [-0.15, -0.1) is 0 Å². The van der Waals surface area contributed by atoms with Crippen LogP contribution >= 0.6 is 0 Å². The van der Waals surface area contributed by atoms with Gasteiger partial charge in [-0.05, 0) is 30.7 Å². The summed E-state index contributed by atoms with van der Waals surface area (Å²) >= 11 is 0. The number of benzene rings is 1. The lowest BCUT2D eigenvalue weighted by Crippen LogP contribution is -2.39. The number of hydrogen-bond acceptors (Lipinski definition) is 7. The van der Waals surface area contributed by atoms with Gasteiger partial charge in [0.05, 0.1) is 6.54 Å². The number of imidazole rings is 1. The molecule has 12 heteroatoms. The number of carbonyl (C=O) groups is 1. The third kappa shape index (κ3) is 4.02. The van der Waals surface area contributed by atoms with E-state index in [9.17, 15) is 14.4 Å². The fourth-order valence-corrected chi connectivity index (χ4v) is 4.25. The summed E-state index contributed by atoms with van der Waals surface area (Å²) in [4.78, 5) is 53.9. The summed E-state index contributed by atoms with van der Waals surface area (Å²) in [6, 6.07) is 9.53. The molecule has 0 aliphatic rings. The molecule has 0 aliphatic carbocycles. The first kappa shape index (κ1) is 23.0. The second-order valence-electron chi connectivity index (χ2n) is 8.68. The average Bonchev–Trinajstić information content (AvgIpc) is 3.41. The van der Waals surface area contributed by atoms with Crippen molar-refractivity contribution in [2.75, 3.05) is 5.32 Å². The molecule has 0 saturated carbocycles. The monoisotopic (exact) mass is 487 g/mol. The molecule has 0 aliphatic heterocycles. The van der Waals surface area contributed by atoms with Crippen LogP contribution in [0.1, 0.15) is 23.5 Å². The molecule has 0 unspecified atom stereocenters. The number of nitrogens with one attached hydrogen (secondary N) is 2. The summed E-state index contributed by atoms with van der Waals surface area (Å²) in [6.45, 7) is 2.11. The molecule has 0 spiro atoms. The van der Waals surface area contributed by atoms with Gasteiger partial charge < -0.3 is 20.6 Å². The Kier molecular flexibility index (Phi) is 5.63. The second-order valence-corrected chi connectivity index (χ2v) is 8.68. The molecule has 12 nitrogen and oxygen atoms in total. The van der Waals surface area contributed by atoms with Gasteiger partial charge in [0.2, 0.25) is 11.9 Å². The Bertz CT molecular complexity index is 1760. The zero-order chi connectivity index (χ0) is 25.6. The van der Waals surface area contributed by atoms with Crippen LogP contribution in [0.5, 0.6) is 0 Å². The number of carbonyl (C=O) groups excluding carboxylic acids is 1. The van der Waals surface area contributed by atoms with Gasteiger partial charge in [0, 0.05) is 49.7 Å². The van der Waals surface area contributed by atoms with Gasteiger partial charge in [0.1, 0.15) is 11.6 Å². The fraction of sp³-hybridized carbons (Fsp3) is 0.250. The first-order valence-corrected chi connectivity index (χ1v) is 11.3. The van der Waals surface area contributed by atoms with E-state index in [0.717, 1.165) is 22.2 Å². The number of aromatic nitrogens is 7. The number of aryl methyl sites for hydroxylation is 4. The van der Waals surface area contributed by atoms with Crippen LogP contribution in [0.15, 0.2) is 46.1 Å². The molecule has 5 aromatic rings. The molecule has 0 bridgehead atoms. The molecular weight excluding hydrogens is 462 g/mol. The van der Waals surface area contributed by atoms with E-state index in [1.165, 1.54) is 9.13 Å². The molecule has 4 N–H and O–H groups in total. The Labute approximate surface area is 204 Å². The maximum atomic E-state index is 13.5. The third-order valence-corrected chi connectivity index (χ3v) is 6.17. The van der Waals surface area contributed by atoms with Crippen LogP contribution in [0.4, 0.5) is 11.8 Å². The highest BCUT2D eigenvalue weighted by Gasteiger charge is 2.19. The van der Waals surface area contributed by atoms with Gasteiger partial charge >= 0.3 is 5.69 Å². The average molecular weight is 488 g/mol. The lowest BCUT2D eigenvalue weighted by atomic mass is 10.1. The summed E-state index contributed by atoms with van der Waals surface area (Å²) < 4.78 is 4.14. The van der Waals surface area contributed by atoms with E-state index in [4.69, 9.17) is 5.73 Å². The molecule has 5 rings (SSSR count). The van der Waals surface area contributed by atoms with Crippen LogP contribution in [-0.2, 0) is 31.9 Å². The number of rotatable bonds is 7.